The Kier molecular flexibility index (Phi) is 3.68. The van der Waals surface area contributed by atoms with Gasteiger partial charge in [-0.15, -0.1) is 0 Å². The van der Waals surface area contributed by atoms with Crippen molar-refractivity contribution in [1.82, 2.24) is 15.5 Å². The lowest BCUT2D eigenvalue weighted by Crippen LogP contribution is -2.13. The van der Waals surface area contributed by atoms with Crippen LogP contribution in [0.1, 0.15) is 19.2 Å². The van der Waals surface area contributed by atoms with Gasteiger partial charge in [0, 0.05) is 0 Å². The molecule has 0 fully saturated rings. The molecular formula is C10H12N4O4. The van der Waals surface area contributed by atoms with Gasteiger partial charge in [-0.3, -0.25) is 10.1 Å². The molecule has 0 amide bonds. The van der Waals surface area contributed by atoms with Crippen LogP contribution in [0, 0.1) is 10.1 Å². The van der Waals surface area contributed by atoms with E-state index in [1.54, 1.807) is 0 Å². The van der Waals surface area contributed by atoms with E-state index in [0.29, 0.717) is 12.4 Å². The molecule has 2 heterocycles. The predicted octanol–water partition coefficient (Wildman–Crippen LogP) is 1.74. The number of furan rings is 1. The monoisotopic (exact) mass is 252 g/mol. The summed E-state index contributed by atoms with van der Waals surface area (Å²) in [6.45, 7) is 3.36. The fraction of sp³-hybridized carbons (Fsp3) is 0.400. The molecule has 2 rings (SSSR count). The molecule has 0 atom stereocenters. The second-order valence-electron chi connectivity index (χ2n) is 3.58. The van der Waals surface area contributed by atoms with Gasteiger partial charge in [0.1, 0.15) is 4.92 Å². The fourth-order valence-electron chi connectivity index (χ4n) is 1.34. The van der Waals surface area contributed by atoms with Gasteiger partial charge < -0.3 is 14.3 Å². The Morgan fingerprint density at radius 1 is 1.50 bits per heavy atom. The highest BCUT2D eigenvalue weighted by Gasteiger charge is 2.17. The van der Waals surface area contributed by atoms with Gasteiger partial charge in [0.2, 0.25) is 11.7 Å². The van der Waals surface area contributed by atoms with Crippen molar-refractivity contribution >= 4 is 5.88 Å². The third-order valence-electron chi connectivity index (χ3n) is 2.16. The van der Waals surface area contributed by atoms with Crippen LogP contribution in [0.5, 0.6) is 0 Å². The minimum Gasteiger partial charge on any atom is -0.397 e. The summed E-state index contributed by atoms with van der Waals surface area (Å²) >= 11 is 0. The van der Waals surface area contributed by atoms with Gasteiger partial charge in [0.15, 0.2) is 5.76 Å². The molecule has 0 aromatic carbocycles. The van der Waals surface area contributed by atoms with Crippen LogP contribution >= 0.6 is 0 Å². The van der Waals surface area contributed by atoms with Crippen molar-refractivity contribution in [2.45, 2.75) is 19.9 Å². The van der Waals surface area contributed by atoms with E-state index in [9.17, 15) is 10.1 Å². The fourth-order valence-corrected chi connectivity index (χ4v) is 1.34. The van der Waals surface area contributed by atoms with Crippen molar-refractivity contribution in [3.8, 4) is 11.6 Å². The van der Waals surface area contributed by atoms with Gasteiger partial charge in [-0.2, -0.15) is 4.98 Å². The van der Waals surface area contributed by atoms with Crippen LogP contribution in [0.4, 0.5) is 5.88 Å². The molecule has 0 aliphatic carbocycles. The topological polar surface area (TPSA) is 107 Å². The lowest BCUT2D eigenvalue weighted by molar-refractivity contribution is -0.401. The highest BCUT2D eigenvalue weighted by atomic mass is 16.6. The van der Waals surface area contributed by atoms with Gasteiger partial charge in [-0.05, 0) is 19.0 Å². The Morgan fingerprint density at radius 3 is 3.00 bits per heavy atom. The molecule has 0 bridgehead atoms. The summed E-state index contributed by atoms with van der Waals surface area (Å²) in [5.41, 5.74) is 0. The summed E-state index contributed by atoms with van der Waals surface area (Å²) in [6, 6.07) is 2.69. The van der Waals surface area contributed by atoms with Gasteiger partial charge in [-0.25, -0.2) is 0 Å². The zero-order valence-electron chi connectivity index (χ0n) is 9.75. The van der Waals surface area contributed by atoms with E-state index in [2.05, 4.69) is 15.5 Å². The molecule has 0 spiro atoms. The molecule has 8 nitrogen and oxygen atoms in total. The van der Waals surface area contributed by atoms with Crippen LogP contribution in [0.25, 0.3) is 11.6 Å². The van der Waals surface area contributed by atoms with E-state index in [0.717, 1.165) is 13.0 Å². The number of hydrogen-bond donors (Lipinski definition) is 1. The Morgan fingerprint density at radius 2 is 2.33 bits per heavy atom. The van der Waals surface area contributed by atoms with E-state index < -0.39 is 4.92 Å². The first-order valence-corrected chi connectivity index (χ1v) is 5.48. The molecule has 0 saturated carbocycles. The number of nitrogens with zero attached hydrogens (tertiary/aromatic N) is 3. The number of nitrogens with one attached hydrogen (secondary N) is 1. The molecule has 18 heavy (non-hydrogen) atoms. The maximum atomic E-state index is 10.5. The molecule has 2 aromatic heterocycles. The molecule has 0 unspecified atom stereocenters. The smallest absolute Gasteiger partial charge is 0.397 e. The largest absolute Gasteiger partial charge is 0.433 e. The summed E-state index contributed by atoms with van der Waals surface area (Å²) in [5.74, 6) is 0.488. The van der Waals surface area contributed by atoms with Crippen molar-refractivity contribution in [2.75, 3.05) is 6.54 Å². The normalized spacial score (nSPS) is 10.7. The van der Waals surface area contributed by atoms with Crippen LogP contribution in [-0.2, 0) is 6.54 Å². The third-order valence-corrected chi connectivity index (χ3v) is 2.16. The Hall–Kier alpha value is -2.22. The number of nitro groups is 1. The zero-order chi connectivity index (χ0) is 13.0. The lowest BCUT2D eigenvalue weighted by atomic mass is 10.4. The molecule has 8 heteroatoms. The summed E-state index contributed by atoms with van der Waals surface area (Å²) in [5, 5.41) is 17.3. The Labute approximate surface area is 102 Å². The van der Waals surface area contributed by atoms with Gasteiger partial charge >= 0.3 is 5.88 Å². The first-order valence-electron chi connectivity index (χ1n) is 5.48. The van der Waals surface area contributed by atoms with Crippen molar-refractivity contribution in [1.29, 1.82) is 0 Å². The average molecular weight is 252 g/mol. The van der Waals surface area contributed by atoms with Crippen LogP contribution in [-0.4, -0.2) is 21.6 Å². The van der Waals surface area contributed by atoms with Crippen molar-refractivity contribution in [2.24, 2.45) is 0 Å². The van der Waals surface area contributed by atoms with Gasteiger partial charge in [0.25, 0.3) is 0 Å². The molecule has 0 radical (unpaired) electrons. The van der Waals surface area contributed by atoms with Crippen molar-refractivity contribution in [3.05, 3.63) is 28.1 Å². The first kappa shape index (κ1) is 12.2. The van der Waals surface area contributed by atoms with Crippen LogP contribution < -0.4 is 5.32 Å². The molecule has 96 valence electrons. The molecule has 1 N–H and O–H groups in total. The van der Waals surface area contributed by atoms with Gasteiger partial charge in [-0.1, -0.05) is 12.1 Å². The first-order chi connectivity index (χ1) is 8.70. The maximum Gasteiger partial charge on any atom is 0.433 e. The van der Waals surface area contributed by atoms with Crippen LogP contribution in [0.2, 0.25) is 0 Å². The van der Waals surface area contributed by atoms with E-state index in [1.165, 1.54) is 12.1 Å². The predicted molar refractivity (Wildman–Crippen MR) is 60.7 cm³/mol. The molecule has 0 aliphatic heterocycles. The van der Waals surface area contributed by atoms with Crippen molar-refractivity contribution < 1.29 is 13.9 Å². The number of rotatable bonds is 6. The van der Waals surface area contributed by atoms with Crippen LogP contribution in [0.15, 0.2) is 21.1 Å². The minimum atomic E-state index is -0.618. The quantitative estimate of drug-likeness (QED) is 0.474. The SMILES string of the molecule is CCCNCc1nc(-c2ccc([N+](=O)[O-])o2)no1. The summed E-state index contributed by atoms with van der Waals surface area (Å²) < 4.78 is 9.95. The molecular weight excluding hydrogens is 240 g/mol. The Bertz CT molecular complexity index is 533. The highest BCUT2D eigenvalue weighted by Crippen LogP contribution is 2.23. The lowest BCUT2D eigenvalue weighted by Gasteiger charge is -1.95. The van der Waals surface area contributed by atoms with Crippen molar-refractivity contribution in [3.63, 3.8) is 0 Å². The van der Waals surface area contributed by atoms with E-state index in [1.807, 2.05) is 6.92 Å². The molecule has 0 saturated heterocycles. The summed E-state index contributed by atoms with van der Waals surface area (Å²) in [6.07, 6.45) is 1.01. The second-order valence-corrected chi connectivity index (χ2v) is 3.58. The zero-order valence-corrected chi connectivity index (χ0v) is 9.75. The molecule has 2 aromatic rings. The van der Waals surface area contributed by atoms with Gasteiger partial charge in [0.05, 0.1) is 12.6 Å². The van der Waals surface area contributed by atoms with E-state index in [4.69, 9.17) is 8.94 Å². The molecule has 0 aliphatic rings. The minimum absolute atomic E-state index is 0.205. The van der Waals surface area contributed by atoms with E-state index in [-0.39, 0.29) is 17.5 Å². The second kappa shape index (κ2) is 5.41. The maximum absolute atomic E-state index is 10.5. The average Bonchev–Trinajstić information content (AvgIpc) is 2.97. The third kappa shape index (κ3) is 2.72. The summed E-state index contributed by atoms with van der Waals surface area (Å²) in [4.78, 5) is 13.9. The Balaban J connectivity index is 2.06. The standard InChI is InChI=1S/C10H12N4O4/c1-2-5-11-6-8-12-10(13-18-8)7-3-4-9(17-7)14(15)16/h3-4,11H,2,5-6H2,1H3. The van der Waals surface area contributed by atoms with Crippen LogP contribution in [0.3, 0.4) is 0 Å². The highest BCUT2D eigenvalue weighted by molar-refractivity contribution is 5.47. The number of hydrogen-bond acceptors (Lipinski definition) is 7. The van der Waals surface area contributed by atoms with E-state index >= 15 is 0 Å². The number of aromatic nitrogens is 2. The summed E-state index contributed by atoms with van der Waals surface area (Å²) in [7, 11) is 0.